The smallest absolute Gasteiger partial charge is 0.197 e. The summed E-state index contributed by atoms with van der Waals surface area (Å²) < 4.78 is 17.2. The minimum Gasteiger partial charge on any atom is -0.494 e. The zero-order valence-electron chi connectivity index (χ0n) is 20.8. The number of rotatable bonds is 10. The molecule has 7 heteroatoms. The molecule has 0 fully saturated rings. The van der Waals surface area contributed by atoms with Gasteiger partial charge in [0, 0.05) is 29.8 Å². The summed E-state index contributed by atoms with van der Waals surface area (Å²) in [6.07, 6.45) is 6.61. The van der Waals surface area contributed by atoms with Gasteiger partial charge < -0.3 is 15.4 Å². The number of pyridine rings is 2. The molecule has 1 atom stereocenters. The van der Waals surface area contributed by atoms with E-state index in [0.29, 0.717) is 18.6 Å². The van der Waals surface area contributed by atoms with Gasteiger partial charge in [0.1, 0.15) is 11.3 Å². The van der Waals surface area contributed by atoms with Crippen LogP contribution in [0.5, 0.6) is 5.75 Å². The van der Waals surface area contributed by atoms with Crippen LogP contribution >= 0.6 is 7.37 Å². The number of benzene rings is 2. The van der Waals surface area contributed by atoms with Crippen molar-refractivity contribution in [2.75, 3.05) is 25.2 Å². The molecule has 3 N–H and O–H groups in total. The zero-order chi connectivity index (χ0) is 25.0. The topological polar surface area (TPSA) is 98.3 Å². The van der Waals surface area contributed by atoms with Crippen LogP contribution in [-0.4, -0.2) is 34.3 Å². The minimum absolute atomic E-state index is 0.383. The van der Waals surface area contributed by atoms with Crippen molar-refractivity contribution in [2.45, 2.75) is 46.0 Å². The SMILES string of the molecule is Cc1ccc2c(c1)nc(N)c1ncc(CCc3ccc(OCCCCCP(C)(=O)O)cc3C)cc12. The predicted octanol–water partition coefficient (Wildman–Crippen LogP) is 6.22. The molecule has 0 aliphatic rings. The Morgan fingerprint density at radius 2 is 1.83 bits per heavy atom. The number of ether oxygens (including phenoxy) is 1. The summed E-state index contributed by atoms with van der Waals surface area (Å²) in [5.41, 5.74) is 12.7. The van der Waals surface area contributed by atoms with E-state index in [1.54, 1.807) is 0 Å². The van der Waals surface area contributed by atoms with Crippen LogP contribution in [-0.2, 0) is 17.4 Å². The maximum absolute atomic E-state index is 11.3. The fourth-order valence-electron chi connectivity index (χ4n) is 4.39. The summed E-state index contributed by atoms with van der Waals surface area (Å²) in [7, 11) is -2.89. The van der Waals surface area contributed by atoms with E-state index in [4.69, 9.17) is 10.5 Å². The molecule has 184 valence electrons. The lowest BCUT2D eigenvalue weighted by molar-refractivity contribution is 0.306. The molecule has 0 aliphatic heterocycles. The summed E-state index contributed by atoms with van der Waals surface area (Å²) >= 11 is 0. The lowest BCUT2D eigenvalue weighted by Crippen LogP contribution is -2.01. The lowest BCUT2D eigenvalue weighted by atomic mass is 9.99. The van der Waals surface area contributed by atoms with E-state index in [9.17, 15) is 9.46 Å². The molecule has 0 spiro atoms. The van der Waals surface area contributed by atoms with Gasteiger partial charge in [-0.1, -0.05) is 18.2 Å². The van der Waals surface area contributed by atoms with Gasteiger partial charge in [-0.05, 0) is 92.5 Å². The molecule has 35 heavy (non-hydrogen) atoms. The number of hydrogen-bond acceptors (Lipinski definition) is 5. The van der Waals surface area contributed by atoms with Crippen molar-refractivity contribution in [3.05, 3.63) is 70.9 Å². The lowest BCUT2D eigenvalue weighted by Gasteiger charge is -2.12. The van der Waals surface area contributed by atoms with E-state index in [1.165, 1.54) is 23.4 Å². The van der Waals surface area contributed by atoms with E-state index in [1.807, 2.05) is 12.3 Å². The van der Waals surface area contributed by atoms with E-state index < -0.39 is 7.37 Å². The average Bonchev–Trinajstić information content (AvgIpc) is 2.80. The fourth-order valence-corrected chi connectivity index (χ4v) is 5.20. The van der Waals surface area contributed by atoms with E-state index in [0.717, 1.165) is 65.2 Å². The Labute approximate surface area is 207 Å². The first-order valence-corrected chi connectivity index (χ1v) is 14.4. The Hall–Kier alpha value is -2.95. The molecule has 0 radical (unpaired) electrons. The predicted molar refractivity (Wildman–Crippen MR) is 145 cm³/mol. The second-order valence-corrected chi connectivity index (χ2v) is 12.1. The summed E-state index contributed by atoms with van der Waals surface area (Å²) in [5, 5.41) is 2.12. The monoisotopic (exact) mass is 491 g/mol. The van der Waals surface area contributed by atoms with Crippen LogP contribution in [0.3, 0.4) is 0 Å². The number of aryl methyl sites for hydroxylation is 4. The van der Waals surface area contributed by atoms with Crippen LogP contribution in [0, 0.1) is 13.8 Å². The van der Waals surface area contributed by atoms with Gasteiger partial charge in [-0.15, -0.1) is 0 Å². The van der Waals surface area contributed by atoms with Crippen LogP contribution in [0.1, 0.15) is 41.5 Å². The van der Waals surface area contributed by atoms with E-state index in [-0.39, 0.29) is 0 Å². The van der Waals surface area contributed by atoms with Crippen molar-refractivity contribution < 1.29 is 14.2 Å². The molecule has 4 aromatic rings. The van der Waals surface area contributed by atoms with Gasteiger partial charge in [0.2, 0.25) is 0 Å². The van der Waals surface area contributed by atoms with Gasteiger partial charge in [0.05, 0.1) is 12.1 Å². The Morgan fingerprint density at radius 1 is 1.00 bits per heavy atom. The van der Waals surface area contributed by atoms with Gasteiger partial charge in [0.25, 0.3) is 0 Å². The molecular weight excluding hydrogens is 457 g/mol. The Bertz CT molecular complexity index is 1400. The maximum Gasteiger partial charge on any atom is 0.197 e. The highest BCUT2D eigenvalue weighted by molar-refractivity contribution is 7.57. The van der Waals surface area contributed by atoms with Crippen molar-refractivity contribution in [2.24, 2.45) is 0 Å². The zero-order valence-corrected chi connectivity index (χ0v) is 21.6. The first-order chi connectivity index (χ1) is 16.7. The highest BCUT2D eigenvalue weighted by Crippen LogP contribution is 2.36. The molecule has 6 nitrogen and oxygen atoms in total. The normalized spacial score (nSPS) is 13.3. The number of nitrogens with zero attached hydrogens (tertiary/aromatic N) is 2. The van der Waals surface area contributed by atoms with Crippen LogP contribution in [0.25, 0.3) is 21.8 Å². The van der Waals surface area contributed by atoms with Crippen LogP contribution in [0.15, 0.2) is 48.7 Å². The molecule has 0 aliphatic carbocycles. The van der Waals surface area contributed by atoms with Gasteiger partial charge in [-0.3, -0.25) is 9.55 Å². The fraction of sp³-hybridized carbons (Fsp3) is 0.357. The molecule has 2 heterocycles. The van der Waals surface area contributed by atoms with Crippen molar-refractivity contribution in [1.29, 1.82) is 0 Å². The Balaban J connectivity index is 1.38. The summed E-state index contributed by atoms with van der Waals surface area (Å²) in [6.45, 7) is 6.20. The second kappa shape index (κ2) is 10.8. The molecule has 4 rings (SSSR count). The van der Waals surface area contributed by atoms with Crippen LogP contribution < -0.4 is 10.5 Å². The number of anilines is 1. The standard InChI is InChI=1S/C28H34N3O3P/c1-19-7-12-24-25-17-21(18-30-27(25)28(29)31-26(24)15-19)8-9-22-10-11-23(16-20(22)2)34-13-5-4-6-14-35(3,32)33/h7,10-12,15-18H,4-6,8-9,13-14H2,1-3H3,(H2,29,31)(H,32,33). The molecule has 0 saturated carbocycles. The maximum atomic E-state index is 11.3. The highest BCUT2D eigenvalue weighted by Gasteiger charge is 2.10. The third kappa shape index (κ3) is 6.59. The first kappa shape index (κ1) is 25.2. The van der Waals surface area contributed by atoms with E-state index in [2.05, 4.69) is 60.2 Å². The third-order valence-corrected chi connectivity index (χ3v) is 7.50. The largest absolute Gasteiger partial charge is 0.494 e. The van der Waals surface area contributed by atoms with Crippen molar-refractivity contribution in [3.8, 4) is 5.75 Å². The van der Waals surface area contributed by atoms with E-state index >= 15 is 0 Å². The first-order valence-electron chi connectivity index (χ1n) is 12.2. The second-order valence-electron chi connectivity index (χ2n) is 9.53. The molecule has 2 aromatic carbocycles. The quantitative estimate of drug-likeness (QED) is 0.155. The number of hydrogen-bond donors (Lipinski definition) is 2. The van der Waals surface area contributed by atoms with Crippen LogP contribution in [0.4, 0.5) is 5.82 Å². The average molecular weight is 492 g/mol. The Kier molecular flexibility index (Phi) is 7.73. The molecule has 2 aromatic heterocycles. The Morgan fingerprint density at radius 3 is 2.60 bits per heavy atom. The van der Waals surface area contributed by atoms with Gasteiger partial charge in [0.15, 0.2) is 13.2 Å². The van der Waals surface area contributed by atoms with Gasteiger partial charge in [-0.25, -0.2) is 4.98 Å². The molecule has 0 bridgehead atoms. The summed E-state index contributed by atoms with van der Waals surface area (Å²) in [4.78, 5) is 18.5. The van der Waals surface area contributed by atoms with Gasteiger partial charge in [-0.2, -0.15) is 0 Å². The summed E-state index contributed by atoms with van der Waals surface area (Å²) in [5.74, 6) is 1.33. The molecule has 0 saturated heterocycles. The van der Waals surface area contributed by atoms with Crippen molar-refractivity contribution >= 4 is 35.0 Å². The minimum atomic E-state index is -2.89. The summed E-state index contributed by atoms with van der Waals surface area (Å²) in [6, 6.07) is 14.7. The molecule has 0 amide bonds. The molecular formula is C28H34N3O3P. The number of nitrogen functional groups attached to an aromatic ring is 1. The third-order valence-electron chi connectivity index (χ3n) is 6.35. The van der Waals surface area contributed by atoms with Crippen LogP contribution in [0.2, 0.25) is 0 Å². The number of nitrogens with two attached hydrogens (primary N) is 1. The van der Waals surface area contributed by atoms with Crippen molar-refractivity contribution in [1.82, 2.24) is 9.97 Å². The molecule has 1 unspecified atom stereocenters. The highest BCUT2D eigenvalue weighted by atomic mass is 31.2. The number of unbranched alkanes of at least 4 members (excludes halogenated alkanes) is 2. The van der Waals surface area contributed by atoms with Gasteiger partial charge >= 0.3 is 0 Å². The van der Waals surface area contributed by atoms with Crippen molar-refractivity contribution in [3.63, 3.8) is 0 Å². The number of fused-ring (bicyclic) bond motifs is 3. The number of aromatic nitrogens is 2.